The largest absolute Gasteiger partial charge is 0.494 e. The number of halogens is 2. The third-order valence-corrected chi connectivity index (χ3v) is 6.51. The second kappa shape index (κ2) is 12.9. The van der Waals surface area contributed by atoms with Crippen LogP contribution in [0.15, 0.2) is 48.5 Å². The molecule has 33 heavy (non-hydrogen) atoms. The normalized spacial score (nSPS) is 15.0. The van der Waals surface area contributed by atoms with Crippen LogP contribution in [0.4, 0.5) is 0 Å². The van der Waals surface area contributed by atoms with E-state index in [1.54, 1.807) is 48.2 Å². The Hall–Kier alpha value is -2.24. The molecule has 1 saturated carbocycles. The van der Waals surface area contributed by atoms with Crippen molar-refractivity contribution in [1.82, 2.24) is 10.2 Å². The number of ether oxygens (including phenoxy) is 1. The minimum atomic E-state index is -0.563. The Balaban J connectivity index is 1.59. The van der Waals surface area contributed by atoms with Crippen molar-refractivity contribution in [3.8, 4) is 5.75 Å². The van der Waals surface area contributed by atoms with Gasteiger partial charge < -0.3 is 15.0 Å². The highest BCUT2D eigenvalue weighted by molar-refractivity contribution is 6.30. The number of hydrogen-bond donors (Lipinski definition) is 1. The van der Waals surface area contributed by atoms with E-state index in [2.05, 4.69) is 5.32 Å². The molecule has 0 saturated heterocycles. The number of nitrogens with one attached hydrogen (secondary N) is 1. The quantitative estimate of drug-likeness (QED) is 0.414. The molecule has 178 valence electrons. The molecule has 1 aliphatic carbocycles. The van der Waals surface area contributed by atoms with Crippen molar-refractivity contribution in [1.29, 1.82) is 0 Å². The number of carbonyl (C=O) groups excluding carboxylic acids is 2. The van der Waals surface area contributed by atoms with Gasteiger partial charge in [-0.2, -0.15) is 0 Å². The topological polar surface area (TPSA) is 58.6 Å². The van der Waals surface area contributed by atoms with Gasteiger partial charge in [-0.05, 0) is 68.1 Å². The SMILES string of the molecule is C[C@H](C(=O)NC1CCCCC1)N(Cc1ccc(Cl)cc1)C(=O)CCCOc1ccc(Cl)cc1. The second-order valence-electron chi connectivity index (χ2n) is 8.57. The summed E-state index contributed by atoms with van der Waals surface area (Å²) in [5, 5.41) is 4.44. The first-order chi connectivity index (χ1) is 15.9. The maximum Gasteiger partial charge on any atom is 0.242 e. The predicted molar refractivity (Wildman–Crippen MR) is 133 cm³/mol. The summed E-state index contributed by atoms with van der Waals surface area (Å²) < 4.78 is 5.71. The van der Waals surface area contributed by atoms with Crippen LogP contribution in [0.1, 0.15) is 57.4 Å². The van der Waals surface area contributed by atoms with E-state index in [1.165, 1.54) is 6.42 Å². The first-order valence-corrected chi connectivity index (χ1v) is 12.4. The first kappa shape index (κ1) is 25.4. The molecule has 0 spiro atoms. The lowest BCUT2D eigenvalue weighted by atomic mass is 9.95. The van der Waals surface area contributed by atoms with Crippen molar-refractivity contribution >= 4 is 35.0 Å². The van der Waals surface area contributed by atoms with E-state index in [0.29, 0.717) is 41.8 Å². The van der Waals surface area contributed by atoms with Gasteiger partial charge in [0.1, 0.15) is 11.8 Å². The van der Waals surface area contributed by atoms with Gasteiger partial charge in [-0.15, -0.1) is 0 Å². The van der Waals surface area contributed by atoms with E-state index in [4.69, 9.17) is 27.9 Å². The zero-order chi connectivity index (χ0) is 23.6. The average Bonchev–Trinajstić information content (AvgIpc) is 2.82. The van der Waals surface area contributed by atoms with Crippen molar-refractivity contribution in [2.75, 3.05) is 6.61 Å². The second-order valence-corrected chi connectivity index (χ2v) is 9.45. The summed E-state index contributed by atoms with van der Waals surface area (Å²) >= 11 is 11.9. The minimum Gasteiger partial charge on any atom is -0.494 e. The van der Waals surface area contributed by atoms with Crippen LogP contribution >= 0.6 is 23.2 Å². The Morgan fingerprint density at radius 3 is 2.24 bits per heavy atom. The van der Waals surface area contributed by atoms with Crippen LogP contribution in [0.2, 0.25) is 10.0 Å². The molecule has 0 unspecified atom stereocenters. The summed E-state index contributed by atoms with van der Waals surface area (Å²) in [7, 11) is 0. The van der Waals surface area contributed by atoms with Crippen LogP contribution in [0.5, 0.6) is 5.75 Å². The van der Waals surface area contributed by atoms with Crippen LogP contribution in [-0.2, 0) is 16.1 Å². The molecule has 1 fully saturated rings. The molecule has 0 bridgehead atoms. The number of nitrogens with zero attached hydrogens (tertiary/aromatic N) is 1. The summed E-state index contributed by atoms with van der Waals surface area (Å²) in [4.78, 5) is 27.8. The Bertz CT molecular complexity index is 897. The van der Waals surface area contributed by atoms with Gasteiger partial charge in [0.2, 0.25) is 11.8 Å². The number of hydrogen-bond acceptors (Lipinski definition) is 3. The van der Waals surface area contributed by atoms with Crippen LogP contribution in [0, 0.1) is 0 Å². The van der Waals surface area contributed by atoms with Crippen molar-refractivity contribution in [3.05, 3.63) is 64.1 Å². The van der Waals surface area contributed by atoms with Gasteiger partial charge in [0, 0.05) is 29.1 Å². The summed E-state index contributed by atoms with van der Waals surface area (Å²) in [6, 6.07) is 14.1. The van der Waals surface area contributed by atoms with Gasteiger partial charge in [-0.3, -0.25) is 9.59 Å². The number of benzene rings is 2. The van der Waals surface area contributed by atoms with E-state index in [0.717, 1.165) is 31.2 Å². The monoisotopic (exact) mass is 490 g/mol. The third-order valence-electron chi connectivity index (χ3n) is 6.00. The summed E-state index contributed by atoms with van der Waals surface area (Å²) in [5.41, 5.74) is 0.933. The first-order valence-electron chi connectivity index (χ1n) is 11.6. The highest BCUT2D eigenvalue weighted by atomic mass is 35.5. The third kappa shape index (κ3) is 8.24. The Morgan fingerprint density at radius 1 is 1.00 bits per heavy atom. The van der Waals surface area contributed by atoms with E-state index in [1.807, 2.05) is 12.1 Å². The number of rotatable bonds is 10. The van der Waals surface area contributed by atoms with Crippen molar-refractivity contribution in [2.45, 2.75) is 70.5 Å². The molecular weight excluding hydrogens is 459 g/mol. The van der Waals surface area contributed by atoms with Crippen LogP contribution in [-0.4, -0.2) is 35.4 Å². The van der Waals surface area contributed by atoms with E-state index in [9.17, 15) is 9.59 Å². The molecule has 0 heterocycles. The lowest BCUT2D eigenvalue weighted by Crippen LogP contribution is -2.50. The van der Waals surface area contributed by atoms with Gasteiger partial charge >= 0.3 is 0 Å². The van der Waals surface area contributed by atoms with Gasteiger partial charge in [0.25, 0.3) is 0 Å². The van der Waals surface area contributed by atoms with E-state index >= 15 is 0 Å². The Morgan fingerprint density at radius 2 is 1.61 bits per heavy atom. The molecule has 2 aromatic carbocycles. The lowest BCUT2D eigenvalue weighted by molar-refractivity contribution is -0.141. The van der Waals surface area contributed by atoms with Crippen LogP contribution < -0.4 is 10.1 Å². The summed E-state index contributed by atoms with van der Waals surface area (Å²) in [6.45, 7) is 2.56. The van der Waals surface area contributed by atoms with E-state index < -0.39 is 6.04 Å². The molecule has 0 aromatic heterocycles. The zero-order valence-corrected chi connectivity index (χ0v) is 20.6. The zero-order valence-electron chi connectivity index (χ0n) is 19.1. The Labute approximate surface area is 206 Å². The van der Waals surface area contributed by atoms with Crippen LogP contribution in [0.25, 0.3) is 0 Å². The van der Waals surface area contributed by atoms with Crippen molar-refractivity contribution < 1.29 is 14.3 Å². The van der Waals surface area contributed by atoms with Gasteiger partial charge in [0.15, 0.2) is 0 Å². The van der Waals surface area contributed by atoms with Gasteiger partial charge in [-0.25, -0.2) is 0 Å². The fourth-order valence-corrected chi connectivity index (χ4v) is 4.28. The van der Waals surface area contributed by atoms with Gasteiger partial charge in [0.05, 0.1) is 6.61 Å². The standard InChI is InChI=1S/C26H32Cl2N2O3/c1-19(26(32)29-23-6-3-2-4-7-23)30(18-20-9-11-21(27)12-10-20)25(31)8-5-17-33-24-15-13-22(28)14-16-24/h9-16,19,23H,2-8,17-18H2,1H3,(H,29,32)/t19-/m1/s1. The molecule has 2 amide bonds. The summed E-state index contributed by atoms with van der Waals surface area (Å²) in [6.07, 6.45) is 6.36. The molecule has 5 nitrogen and oxygen atoms in total. The summed E-state index contributed by atoms with van der Waals surface area (Å²) in [5.74, 6) is 0.544. The maximum absolute atomic E-state index is 13.2. The fraction of sp³-hybridized carbons (Fsp3) is 0.462. The smallest absolute Gasteiger partial charge is 0.242 e. The molecule has 7 heteroatoms. The lowest BCUT2D eigenvalue weighted by Gasteiger charge is -2.31. The highest BCUT2D eigenvalue weighted by Crippen LogP contribution is 2.20. The molecule has 3 rings (SSSR count). The molecule has 0 aliphatic heterocycles. The molecule has 1 atom stereocenters. The van der Waals surface area contributed by atoms with Crippen molar-refractivity contribution in [2.24, 2.45) is 0 Å². The van der Waals surface area contributed by atoms with E-state index in [-0.39, 0.29) is 17.9 Å². The maximum atomic E-state index is 13.2. The molecular formula is C26H32Cl2N2O3. The fourth-order valence-electron chi connectivity index (χ4n) is 4.03. The number of carbonyl (C=O) groups is 2. The van der Waals surface area contributed by atoms with Crippen molar-refractivity contribution in [3.63, 3.8) is 0 Å². The number of amides is 2. The predicted octanol–water partition coefficient (Wildman–Crippen LogP) is 6.02. The van der Waals surface area contributed by atoms with Crippen LogP contribution in [0.3, 0.4) is 0 Å². The molecule has 1 aliphatic rings. The molecule has 1 N–H and O–H groups in total. The van der Waals surface area contributed by atoms with Gasteiger partial charge in [-0.1, -0.05) is 54.6 Å². The highest BCUT2D eigenvalue weighted by Gasteiger charge is 2.27. The molecule has 0 radical (unpaired) electrons. The Kier molecular flexibility index (Phi) is 9.89. The minimum absolute atomic E-state index is 0.0732. The molecule has 2 aromatic rings. The average molecular weight is 491 g/mol.